The monoisotopic (exact) mass is 691 g/mol. The van der Waals surface area contributed by atoms with Crippen LogP contribution in [-0.2, 0) is 0 Å². The van der Waals surface area contributed by atoms with E-state index in [1.54, 1.807) is 0 Å². The molecule has 0 radical (unpaired) electrons. The van der Waals surface area contributed by atoms with Gasteiger partial charge in [-0.15, -0.1) is 0 Å². The minimum Gasteiger partial charge on any atom is -0.326 e. The van der Waals surface area contributed by atoms with Crippen LogP contribution in [0.1, 0.15) is 284 Å². The Bertz CT molecular complexity index is 537. The molecule has 0 bridgehead atoms. The van der Waals surface area contributed by atoms with E-state index < -0.39 is 0 Å². The molecule has 0 aliphatic heterocycles. The molecule has 0 rings (SSSR count). The van der Waals surface area contributed by atoms with Crippen molar-refractivity contribution in [1.82, 2.24) is 0 Å². The van der Waals surface area contributed by atoms with Gasteiger partial charge in [-0.05, 0) is 38.5 Å². The molecule has 0 aromatic heterocycles. The zero-order chi connectivity index (χ0) is 35.6. The first-order valence-corrected chi connectivity index (χ1v) is 24.0. The highest BCUT2D eigenvalue weighted by Crippen LogP contribution is 2.19. The molecule has 0 heterocycles. The van der Waals surface area contributed by atoms with Crippen molar-refractivity contribution in [2.45, 2.75) is 284 Å². The summed E-state index contributed by atoms with van der Waals surface area (Å²) in [6.45, 7) is 11.3. The molecule has 0 atom stereocenters. The predicted molar refractivity (Wildman–Crippen MR) is 227 cm³/mol. The Hall–Kier alpha value is -0.0400. The summed E-state index contributed by atoms with van der Waals surface area (Å²) < 4.78 is 1.37. The van der Waals surface area contributed by atoms with Crippen LogP contribution in [0.25, 0.3) is 0 Å². The average Bonchev–Trinajstić information content (AvgIpc) is 3.10. The number of hydrogen-bond acceptors (Lipinski definition) is 0. The third kappa shape index (κ3) is 40.6. The Labute approximate surface area is 314 Å². The molecular weight excluding hydrogens is 591 g/mol. The van der Waals surface area contributed by atoms with Gasteiger partial charge >= 0.3 is 0 Å². The molecule has 49 heavy (non-hydrogen) atoms. The van der Waals surface area contributed by atoms with E-state index in [4.69, 9.17) is 0 Å². The largest absolute Gasteiger partial charge is 0.326 e. The molecule has 0 aromatic carbocycles. The molecule has 0 saturated heterocycles. The van der Waals surface area contributed by atoms with Gasteiger partial charge in [0.05, 0.1) is 26.7 Å². The van der Waals surface area contributed by atoms with Gasteiger partial charge < -0.3 is 4.48 Å². The first-order chi connectivity index (χ1) is 24.2. The molecule has 0 spiro atoms. The van der Waals surface area contributed by atoms with E-state index in [9.17, 15) is 0 Å². The fourth-order valence-corrected chi connectivity index (χ4v) is 8.22. The molecule has 0 unspecified atom stereocenters. The van der Waals surface area contributed by atoms with E-state index in [2.05, 4.69) is 27.8 Å². The highest BCUT2D eigenvalue weighted by atomic mass is 15.3. The average molecular weight is 691 g/mol. The second-order valence-electron chi connectivity index (χ2n) is 17.2. The van der Waals surface area contributed by atoms with Crippen LogP contribution in [0.5, 0.6) is 0 Å². The van der Waals surface area contributed by atoms with Gasteiger partial charge in [0.15, 0.2) is 0 Å². The van der Waals surface area contributed by atoms with E-state index in [0.717, 1.165) is 0 Å². The first-order valence-electron chi connectivity index (χ1n) is 24.0. The van der Waals surface area contributed by atoms with Crippen molar-refractivity contribution in [2.75, 3.05) is 26.7 Å². The number of hydrogen-bond donors (Lipinski definition) is 0. The smallest absolute Gasteiger partial charge is 0.0784 e. The zero-order valence-electron chi connectivity index (χ0n) is 35.6. The van der Waals surface area contributed by atoms with Gasteiger partial charge in [0.2, 0.25) is 0 Å². The molecule has 1 nitrogen and oxygen atoms in total. The highest BCUT2D eigenvalue weighted by molar-refractivity contribution is 4.54. The van der Waals surface area contributed by atoms with E-state index in [0.29, 0.717) is 0 Å². The van der Waals surface area contributed by atoms with Crippen molar-refractivity contribution in [3.63, 3.8) is 0 Å². The second-order valence-corrected chi connectivity index (χ2v) is 17.2. The van der Waals surface area contributed by atoms with Crippen molar-refractivity contribution >= 4 is 0 Å². The lowest BCUT2D eigenvalue weighted by atomic mass is 10.0. The first kappa shape index (κ1) is 49.0. The normalized spacial score (nSPS) is 12.0. The Balaban J connectivity index is 4.07. The summed E-state index contributed by atoms with van der Waals surface area (Å²) in [7, 11) is 2.63. The Kier molecular flexibility index (Phi) is 42.3. The van der Waals surface area contributed by atoms with Crippen LogP contribution in [0.2, 0.25) is 0 Å². The number of nitrogens with zero attached hydrogens (tertiary/aromatic N) is 1. The predicted octanol–water partition coefficient (Wildman–Crippen LogP) is 17.5. The van der Waals surface area contributed by atoms with Crippen molar-refractivity contribution in [1.29, 1.82) is 0 Å². The summed E-state index contributed by atoms with van der Waals surface area (Å²) in [5.74, 6) is 0. The van der Waals surface area contributed by atoms with Crippen LogP contribution in [0.3, 0.4) is 0 Å². The van der Waals surface area contributed by atoms with Crippen LogP contribution in [-0.4, -0.2) is 31.2 Å². The van der Waals surface area contributed by atoms with Crippen LogP contribution in [0.4, 0.5) is 0 Å². The number of rotatable bonds is 44. The van der Waals surface area contributed by atoms with Gasteiger partial charge in [-0.2, -0.15) is 0 Å². The van der Waals surface area contributed by atoms with E-state index in [1.807, 2.05) is 0 Å². The van der Waals surface area contributed by atoms with Crippen LogP contribution >= 0.6 is 0 Å². The number of quaternary nitrogens is 1. The Morgan fingerprint density at radius 1 is 0.184 bits per heavy atom. The maximum absolute atomic E-state index is 2.63. The topological polar surface area (TPSA) is 0 Å². The lowest BCUT2D eigenvalue weighted by Crippen LogP contribution is -2.46. The van der Waals surface area contributed by atoms with Crippen LogP contribution in [0.15, 0.2) is 0 Å². The Morgan fingerprint density at radius 3 is 0.449 bits per heavy atom. The van der Waals surface area contributed by atoms with Gasteiger partial charge in [0, 0.05) is 0 Å². The SMILES string of the molecule is CCCCCCCCCCCCCCCC[N+](C)(CCCCCCCCCCCCCCC)CCCCCCCCCCCCCCCC. The molecule has 296 valence electrons. The minimum absolute atomic E-state index is 1.37. The van der Waals surface area contributed by atoms with Crippen molar-refractivity contribution in [2.24, 2.45) is 0 Å². The van der Waals surface area contributed by atoms with E-state index in [1.165, 1.54) is 287 Å². The lowest BCUT2D eigenvalue weighted by molar-refractivity contribution is -0.910. The lowest BCUT2D eigenvalue weighted by Gasteiger charge is -2.35. The third-order valence-electron chi connectivity index (χ3n) is 11.9. The standard InChI is InChI=1S/C48H100N/c1-5-8-11-14-17-20-23-26-29-32-35-38-41-44-47-49(4,46-43-40-37-34-31-28-25-22-19-16-13-10-7-3)48-45-42-39-36-33-30-27-24-21-18-15-12-9-6-2/h5-48H2,1-4H3/q+1. The van der Waals surface area contributed by atoms with Crippen molar-refractivity contribution in [3.05, 3.63) is 0 Å². The van der Waals surface area contributed by atoms with Gasteiger partial charge in [-0.1, -0.05) is 245 Å². The summed E-state index contributed by atoms with van der Waals surface area (Å²) >= 11 is 0. The molecule has 0 aromatic rings. The van der Waals surface area contributed by atoms with E-state index >= 15 is 0 Å². The molecule has 0 N–H and O–H groups in total. The summed E-state index contributed by atoms with van der Waals surface area (Å²) in [5, 5.41) is 0. The fourth-order valence-electron chi connectivity index (χ4n) is 8.22. The molecular formula is C48H100N+. The minimum atomic E-state index is 1.37. The second kappa shape index (κ2) is 42.4. The Morgan fingerprint density at radius 2 is 0.306 bits per heavy atom. The summed E-state index contributed by atoms with van der Waals surface area (Å²) in [4.78, 5) is 0. The summed E-state index contributed by atoms with van der Waals surface area (Å²) in [6.07, 6.45) is 60.2. The highest BCUT2D eigenvalue weighted by Gasteiger charge is 2.20. The van der Waals surface area contributed by atoms with Gasteiger partial charge in [-0.3, -0.25) is 0 Å². The van der Waals surface area contributed by atoms with Crippen LogP contribution < -0.4 is 0 Å². The van der Waals surface area contributed by atoms with Gasteiger partial charge in [0.1, 0.15) is 0 Å². The maximum atomic E-state index is 2.63. The fraction of sp³-hybridized carbons (Fsp3) is 1.00. The van der Waals surface area contributed by atoms with Crippen molar-refractivity contribution < 1.29 is 4.48 Å². The molecule has 0 aliphatic rings. The molecule has 0 saturated carbocycles. The van der Waals surface area contributed by atoms with E-state index in [-0.39, 0.29) is 0 Å². The van der Waals surface area contributed by atoms with Gasteiger partial charge in [0.25, 0.3) is 0 Å². The summed E-state index contributed by atoms with van der Waals surface area (Å²) in [6, 6.07) is 0. The number of unbranched alkanes of at least 4 members (excludes halogenated alkanes) is 38. The summed E-state index contributed by atoms with van der Waals surface area (Å²) in [5.41, 5.74) is 0. The quantitative estimate of drug-likeness (QED) is 0.0441. The van der Waals surface area contributed by atoms with Gasteiger partial charge in [-0.25, -0.2) is 0 Å². The molecule has 0 amide bonds. The molecule has 0 aliphatic carbocycles. The van der Waals surface area contributed by atoms with Crippen molar-refractivity contribution in [3.8, 4) is 0 Å². The molecule has 0 fully saturated rings. The zero-order valence-corrected chi connectivity index (χ0v) is 35.6. The van der Waals surface area contributed by atoms with Crippen LogP contribution in [0, 0.1) is 0 Å². The maximum Gasteiger partial charge on any atom is 0.0784 e. The molecule has 1 heteroatoms. The third-order valence-corrected chi connectivity index (χ3v) is 11.9.